The number of rotatable bonds is 4. The first-order chi connectivity index (χ1) is 10.2. The van der Waals surface area contributed by atoms with Crippen molar-refractivity contribution in [2.24, 2.45) is 5.92 Å². The number of benzene rings is 1. The summed E-state index contributed by atoms with van der Waals surface area (Å²) >= 11 is 0. The molecule has 0 N–H and O–H groups in total. The summed E-state index contributed by atoms with van der Waals surface area (Å²) in [7, 11) is 0. The molecule has 0 bridgehead atoms. The van der Waals surface area contributed by atoms with Gasteiger partial charge in [-0.25, -0.2) is 0 Å². The second-order valence-corrected chi connectivity index (χ2v) is 5.49. The van der Waals surface area contributed by atoms with Crippen molar-refractivity contribution in [3.8, 4) is 0 Å². The Morgan fingerprint density at radius 2 is 2.19 bits per heavy atom. The van der Waals surface area contributed by atoms with Gasteiger partial charge in [-0.2, -0.15) is 0 Å². The Bertz CT molecular complexity index is 652. The third-order valence-electron chi connectivity index (χ3n) is 4.13. The topological polar surface area (TPSA) is 50.3 Å². The van der Waals surface area contributed by atoms with E-state index in [1.165, 1.54) is 0 Å². The molecule has 0 radical (unpaired) electrons. The van der Waals surface area contributed by atoms with Crippen LogP contribution in [-0.2, 0) is 22.7 Å². The van der Waals surface area contributed by atoms with E-state index in [0.717, 1.165) is 28.4 Å². The molecule has 1 amide bonds. The van der Waals surface area contributed by atoms with Crippen molar-refractivity contribution >= 4 is 23.1 Å². The second-order valence-electron chi connectivity index (χ2n) is 5.49. The van der Waals surface area contributed by atoms with Crippen molar-refractivity contribution < 1.29 is 9.59 Å². The first-order valence-corrected chi connectivity index (χ1v) is 7.33. The molecule has 2 heterocycles. The van der Waals surface area contributed by atoms with Crippen LogP contribution in [0.2, 0.25) is 0 Å². The normalized spacial score (nSPS) is 15.0. The van der Waals surface area contributed by atoms with Crippen LogP contribution in [0.3, 0.4) is 0 Å². The molecule has 0 aliphatic carbocycles. The number of aromatic nitrogens is 1. The standard InChI is InChI=1S/C17H18N2O2/c1-2-12(7-8-20)17(21)19-10-14-9-13-5-3-4-6-15(13)18-16(14)11-19/h3-6,8-9,12H,2,7,10-11H2,1H3. The molecule has 1 atom stereocenters. The highest BCUT2D eigenvalue weighted by Crippen LogP contribution is 2.27. The average molecular weight is 282 g/mol. The van der Waals surface area contributed by atoms with E-state index in [2.05, 4.69) is 11.1 Å². The van der Waals surface area contributed by atoms with Crippen LogP contribution in [0.5, 0.6) is 0 Å². The lowest BCUT2D eigenvalue weighted by Gasteiger charge is -2.20. The molecule has 3 rings (SSSR count). The lowest BCUT2D eigenvalue weighted by atomic mass is 10.0. The summed E-state index contributed by atoms with van der Waals surface area (Å²) < 4.78 is 0. The van der Waals surface area contributed by atoms with E-state index in [1.807, 2.05) is 36.1 Å². The molecule has 0 saturated carbocycles. The molecule has 108 valence electrons. The highest BCUT2D eigenvalue weighted by atomic mass is 16.2. The van der Waals surface area contributed by atoms with E-state index >= 15 is 0 Å². The largest absolute Gasteiger partial charge is 0.332 e. The molecular formula is C17H18N2O2. The van der Waals surface area contributed by atoms with Gasteiger partial charge in [-0.15, -0.1) is 0 Å². The number of pyridine rings is 1. The van der Waals surface area contributed by atoms with Crippen molar-refractivity contribution in [2.75, 3.05) is 0 Å². The fourth-order valence-electron chi connectivity index (χ4n) is 2.89. The Labute approximate surface area is 123 Å². The number of para-hydroxylation sites is 1. The molecule has 21 heavy (non-hydrogen) atoms. The summed E-state index contributed by atoms with van der Waals surface area (Å²) in [6.45, 7) is 3.09. The number of amides is 1. The van der Waals surface area contributed by atoms with Crippen molar-refractivity contribution in [2.45, 2.75) is 32.9 Å². The quantitative estimate of drug-likeness (QED) is 0.810. The summed E-state index contributed by atoms with van der Waals surface area (Å²) in [5.41, 5.74) is 3.05. The Hall–Kier alpha value is -2.23. The van der Waals surface area contributed by atoms with Gasteiger partial charge >= 0.3 is 0 Å². The van der Waals surface area contributed by atoms with Gasteiger partial charge < -0.3 is 9.69 Å². The fraction of sp³-hybridized carbons (Fsp3) is 0.353. The Morgan fingerprint density at radius 3 is 2.95 bits per heavy atom. The summed E-state index contributed by atoms with van der Waals surface area (Å²) in [6.07, 6.45) is 1.83. The smallest absolute Gasteiger partial charge is 0.226 e. The summed E-state index contributed by atoms with van der Waals surface area (Å²) in [4.78, 5) is 29.6. The van der Waals surface area contributed by atoms with Gasteiger partial charge in [-0.05, 0) is 24.1 Å². The molecule has 0 spiro atoms. The summed E-state index contributed by atoms with van der Waals surface area (Å²) in [5.74, 6) is -0.141. The molecule has 1 aliphatic heterocycles. The predicted molar refractivity (Wildman–Crippen MR) is 80.5 cm³/mol. The molecule has 2 aromatic rings. The second kappa shape index (κ2) is 5.64. The number of hydrogen-bond acceptors (Lipinski definition) is 3. The number of hydrogen-bond donors (Lipinski definition) is 0. The number of aldehydes is 1. The minimum absolute atomic E-state index is 0.0617. The van der Waals surface area contributed by atoms with Gasteiger partial charge in [0.1, 0.15) is 6.29 Å². The average Bonchev–Trinajstić information content (AvgIpc) is 2.92. The molecule has 0 fully saturated rings. The van der Waals surface area contributed by atoms with Crippen molar-refractivity contribution in [1.82, 2.24) is 9.88 Å². The molecule has 1 aromatic carbocycles. The van der Waals surface area contributed by atoms with Gasteiger partial charge in [-0.1, -0.05) is 25.1 Å². The summed E-state index contributed by atoms with van der Waals surface area (Å²) in [5, 5.41) is 1.10. The van der Waals surface area contributed by atoms with E-state index in [9.17, 15) is 9.59 Å². The maximum Gasteiger partial charge on any atom is 0.226 e. The van der Waals surface area contributed by atoms with Crippen LogP contribution in [0.1, 0.15) is 31.0 Å². The predicted octanol–water partition coefficient (Wildman–Crippen LogP) is 2.69. The van der Waals surface area contributed by atoms with Crippen LogP contribution >= 0.6 is 0 Å². The van der Waals surface area contributed by atoms with Crippen LogP contribution in [0, 0.1) is 5.92 Å². The van der Waals surface area contributed by atoms with Gasteiger partial charge in [0, 0.05) is 24.3 Å². The minimum Gasteiger partial charge on any atom is -0.332 e. The lowest BCUT2D eigenvalue weighted by molar-refractivity contribution is -0.137. The Balaban J connectivity index is 1.85. The van der Waals surface area contributed by atoms with E-state index < -0.39 is 0 Å². The van der Waals surface area contributed by atoms with E-state index in [4.69, 9.17) is 0 Å². The van der Waals surface area contributed by atoms with E-state index in [0.29, 0.717) is 25.9 Å². The van der Waals surface area contributed by atoms with E-state index in [-0.39, 0.29) is 11.8 Å². The van der Waals surface area contributed by atoms with Crippen LogP contribution in [-0.4, -0.2) is 22.1 Å². The van der Waals surface area contributed by atoms with Gasteiger partial charge in [0.05, 0.1) is 17.8 Å². The number of fused-ring (bicyclic) bond motifs is 2. The third-order valence-corrected chi connectivity index (χ3v) is 4.13. The monoisotopic (exact) mass is 282 g/mol. The van der Waals surface area contributed by atoms with Crippen molar-refractivity contribution in [3.63, 3.8) is 0 Å². The van der Waals surface area contributed by atoms with Crippen LogP contribution in [0.4, 0.5) is 0 Å². The highest BCUT2D eigenvalue weighted by Gasteiger charge is 2.29. The zero-order valence-corrected chi connectivity index (χ0v) is 12.1. The van der Waals surface area contributed by atoms with E-state index in [1.54, 1.807) is 0 Å². The molecular weight excluding hydrogens is 264 g/mol. The zero-order valence-electron chi connectivity index (χ0n) is 12.1. The van der Waals surface area contributed by atoms with Crippen molar-refractivity contribution in [3.05, 3.63) is 41.6 Å². The highest BCUT2D eigenvalue weighted by molar-refractivity contribution is 5.83. The third kappa shape index (κ3) is 2.53. The molecule has 1 unspecified atom stereocenters. The number of nitrogens with zero attached hydrogens (tertiary/aromatic N) is 2. The Morgan fingerprint density at radius 1 is 1.38 bits per heavy atom. The van der Waals surface area contributed by atoms with Gasteiger partial charge in [-0.3, -0.25) is 9.78 Å². The number of carbonyl (C=O) groups is 2. The molecule has 1 aromatic heterocycles. The van der Waals surface area contributed by atoms with Gasteiger partial charge in [0.25, 0.3) is 0 Å². The van der Waals surface area contributed by atoms with Crippen LogP contribution < -0.4 is 0 Å². The molecule has 1 aliphatic rings. The molecule has 4 heteroatoms. The first-order valence-electron chi connectivity index (χ1n) is 7.33. The number of carbonyl (C=O) groups excluding carboxylic acids is 2. The molecule has 4 nitrogen and oxygen atoms in total. The van der Waals surface area contributed by atoms with Crippen LogP contribution in [0.25, 0.3) is 10.9 Å². The maximum atomic E-state index is 12.5. The maximum absolute atomic E-state index is 12.5. The molecule has 0 saturated heterocycles. The zero-order chi connectivity index (χ0) is 14.8. The van der Waals surface area contributed by atoms with Gasteiger partial charge in [0.2, 0.25) is 5.91 Å². The fourth-order valence-corrected chi connectivity index (χ4v) is 2.89. The lowest BCUT2D eigenvalue weighted by Crippen LogP contribution is -2.32. The first kappa shape index (κ1) is 13.7. The summed E-state index contributed by atoms with van der Waals surface area (Å²) in [6, 6.07) is 10.1. The minimum atomic E-state index is -0.203. The Kier molecular flexibility index (Phi) is 3.69. The SMILES string of the molecule is CCC(CC=O)C(=O)N1Cc2cc3ccccc3nc2C1. The van der Waals surface area contributed by atoms with Gasteiger partial charge in [0.15, 0.2) is 0 Å². The van der Waals surface area contributed by atoms with Crippen molar-refractivity contribution in [1.29, 1.82) is 0 Å². The van der Waals surface area contributed by atoms with Crippen LogP contribution in [0.15, 0.2) is 30.3 Å².